The lowest BCUT2D eigenvalue weighted by atomic mass is 10.1. The van der Waals surface area contributed by atoms with E-state index >= 15 is 0 Å². The predicted octanol–water partition coefficient (Wildman–Crippen LogP) is 4.48. The van der Waals surface area contributed by atoms with Crippen LogP contribution in [0, 0.1) is 19.7 Å². The van der Waals surface area contributed by atoms with Gasteiger partial charge in [0, 0.05) is 22.5 Å². The van der Waals surface area contributed by atoms with Crippen LogP contribution in [0.3, 0.4) is 0 Å². The molecule has 1 aromatic heterocycles. The molecule has 2 aromatic carbocycles. The Balaban J connectivity index is 1.58. The van der Waals surface area contributed by atoms with Crippen molar-refractivity contribution in [2.24, 2.45) is 0 Å². The van der Waals surface area contributed by atoms with Gasteiger partial charge in [-0.05, 0) is 62.4 Å². The number of ketones is 1. The minimum Gasteiger partial charge on any atom is -0.447 e. The highest BCUT2D eigenvalue weighted by Gasteiger charge is 2.23. The number of aromatic nitrogens is 2. The third-order valence-electron chi connectivity index (χ3n) is 5.02. The van der Waals surface area contributed by atoms with Crippen molar-refractivity contribution in [1.29, 1.82) is 0 Å². The highest BCUT2D eigenvalue weighted by atomic mass is 19.1. The fourth-order valence-electron chi connectivity index (χ4n) is 3.44. The Hall–Kier alpha value is -3.74. The van der Waals surface area contributed by atoms with Gasteiger partial charge in [-0.15, -0.1) is 0 Å². The van der Waals surface area contributed by atoms with Gasteiger partial charge in [-0.3, -0.25) is 9.69 Å². The number of anilines is 1. The summed E-state index contributed by atoms with van der Waals surface area (Å²) in [5, 5.41) is 4.51. The Bertz CT molecular complexity index is 1150. The molecule has 0 spiro atoms. The zero-order valence-corrected chi connectivity index (χ0v) is 16.6. The molecule has 30 heavy (non-hydrogen) atoms. The zero-order chi connectivity index (χ0) is 21.3. The van der Waals surface area contributed by atoms with E-state index in [1.165, 1.54) is 23.1 Å². The van der Waals surface area contributed by atoms with Crippen molar-refractivity contribution in [2.45, 2.75) is 13.8 Å². The number of cyclic esters (lactones) is 1. The van der Waals surface area contributed by atoms with Crippen molar-refractivity contribution in [3.05, 3.63) is 82.9 Å². The number of hydrogen-bond acceptors (Lipinski definition) is 4. The third-order valence-corrected chi connectivity index (χ3v) is 5.02. The second-order valence-electron chi connectivity index (χ2n) is 6.99. The van der Waals surface area contributed by atoms with Crippen LogP contribution in [0.15, 0.2) is 54.6 Å². The molecule has 0 radical (unpaired) electrons. The standard InChI is InChI=1S/C23H20FN3O3/c1-15-21(16(2)27(25-15)19-8-6-18(24)7-9-19)10-11-22(28)17-4-3-5-20(14-17)26-12-13-30-23(26)29/h3-11,14H,12-13H2,1-2H3. The van der Waals surface area contributed by atoms with Gasteiger partial charge in [-0.25, -0.2) is 13.9 Å². The number of carbonyl (C=O) groups is 2. The number of halogens is 1. The second kappa shape index (κ2) is 7.94. The van der Waals surface area contributed by atoms with Gasteiger partial charge in [-0.2, -0.15) is 5.10 Å². The Morgan fingerprint density at radius 1 is 1.13 bits per heavy atom. The highest BCUT2D eigenvalue weighted by molar-refractivity contribution is 6.07. The first-order valence-electron chi connectivity index (χ1n) is 9.53. The molecule has 0 saturated carbocycles. The smallest absolute Gasteiger partial charge is 0.414 e. The van der Waals surface area contributed by atoms with Gasteiger partial charge in [0.2, 0.25) is 0 Å². The van der Waals surface area contributed by atoms with Crippen LogP contribution in [0.25, 0.3) is 11.8 Å². The SMILES string of the molecule is Cc1nn(-c2ccc(F)cc2)c(C)c1C=CC(=O)c1cccc(N2CCOC2=O)c1. The number of rotatable bonds is 5. The number of benzene rings is 2. The molecule has 0 aliphatic carbocycles. The van der Waals surface area contributed by atoms with E-state index in [1.54, 1.807) is 47.2 Å². The number of hydrogen-bond donors (Lipinski definition) is 0. The molecule has 1 amide bonds. The lowest BCUT2D eigenvalue weighted by Gasteiger charge is -2.13. The average Bonchev–Trinajstić information content (AvgIpc) is 3.30. The summed E-state index contributed by atoms with van der Waals surface area (Å²) in [6.07, 6.45) is 2.82. The molecule has 6 nitrogen and oxygen atoms in total. The van der Waals surface area contributed by atoms with Gasteiger partial charge < -0.3 is 4.74 Å². The average molecular weight is 405 g/mol. The van der Waals surface area contributed by atoms with Gasteiger partial charge >= 0.3 is 6.09 Å². The molecule has 1 aliphatic rings. The molecule has 4 rings (SSSR count). The van der Waals surface area contributed by atoms with Gasteiger partial charge in [0.25, 0.3) is 0 Å². The van der Waals surface area contributed by atoms with E-state index < -0.39 is 6.09 Å². The van der Waals surface area contributed by atoms with Gasteiger partial charge in [-0.1, -0.05) is 12.1 Å². The number of amides is 1. The van der Waals surface area contributed by atoms with E-state index in [1.807, 2.05) is 13.8 Å². The molecule has 1 aliphatic heterocycles. The van der Waals surface area contributed by atoms with Crippen molar-refractivity contribution < 1.29 is 18.7 Å². The van der Waals surface area contributed by atoms with Crippen LogP contribution >= 0.6 is 0 Å². The Labute approximate surface area is 173 Å². The first-order valence-corrected chi connectivity index (χ1v) is 9.53. The van der Waals surface area contributed by atoms with Crippen LogP contribution in [0.2, 0.25) is 0 Å². The summed E-state index contributed by atoms with van der Waals surface area (Å²) in [4.78, 5) is 26.0. The maximum atomic E-state index is 13.2. The van der Waals surface area contributed by atoms with E-state index in [4.69, 9.17) is 4.74 Å². The number of ether oxygens (including phenoxy) is 1. The van der Waals surface area contributed by atoms with E-state index in [9.17, 15) is 14.0 Å². The van der Waals surface area contributed by atoms with E-state index in [0.29, 0.717) is 24.4 Å². The van der Waals surface area contributed by atoms with Crippen molar-refractivity contribution in [2.75, 3.05) is 18.1 Å². The monoisotopic (exact) mass is 405 g/mol. The summed E-state index contributed by atoms with van der Waals surface area (Å²) in [5.74, 6) is -0.492. The molecular weight excluding hydrogens is 385 g/mol. The normalized spacial score (nSPS) is 13.8. The molecule has 1 fully saturated rings. The minimum atomic E-state index is -0.408. The molecule has 0 bridgehead atoms. The van der Waals surface area contributed by atoms with E-state index in [0.717, 1.165) is 22.6 Å². The zero-order valence-electron chi connectivity index (χ0n) is 16.6. The maximum Gasteiger partial charge on any atom is 0.414 e. The second-order valence-corrected chi connectivity index (χ2v) is 6.99. The summed E-state index contributed by atoms with van der Waals surface area (Å²) in [6.45, 7) is 4.56. The van der Waals surface area contributed by atoms with Crippen molar-refractivity contribution in [3.8, 4) is 5.69 Å². The first kappa shape index (κ1) is 19.6. The topological polar surface area (TPSA) is 64.4 Å². The van der Waals surface area contributed by atoms with E-state index in [-0.39, 0.29) is 11.6 Å². The third kappa shape index (κ3) is 3.74. The lowest BCUT2D eigenvalue weighted by molar-refractivity contribution is 0.104. The molecule has 152 valence electrons. The van der Waals surface area contributed by atoms with Crippen LogP contribution in [0.1, 0.15) is 27.3 Å². The Kier molecular flexibility index (Phi) is 5.18. The molecule has 3 aromatic rings. The van der Waals surface area contributed by atoms with Crippen molar-refractivity contribution in [1.82, 2.24) is 9.78 Å². The molecule has 0 N–H and O–H groups in total. The molecule has 2 heterocycles. The molecule has 1 saturated heterocycles. The highest BCUT2D eigenvalue weighted by Crippen LogP contribution is 2.22. The lowest BCUT2D eigenvalue weighted by Crippen LogP contribution is -2.23. The van der Waals surface area contributed by atoms with Crippen LogP contribution in [0.4, 0.5) is 14.9 Å². The summed E-state index contributed by atoms with van der Waals surface area (Å²) < 4.78 is 19.9. The Morgan fingerprint density at radius 2 is 1.90 bits per heavy atom. The molecule has 0 atom stereocenters. The van der Waals surface area contributed by atoms with Crippen LogP contribution < -0.4 is 4.90 Å². The minimum absolute atomic E-state index is 0.183. The maximum absolute atomic E-state index is 13.2. The van der Waals surface area contributed by atoms with Crippen molar-refractivity contribution in [3.63, 3.8) is 0 Å². The molecule has 0 unspecified atom stereocenters. The Morgan fingerprint density at radius 3 is 2.60 bits per heavy atom. The van der Waals surface area contributed by atoms with Gasteiger partial charge in [0.05, 0.1) is 17.9 Å². The summed E-state index contributed by atoms with van der Waals surface area (Å²) >= 11 is 0. The number of carbonyl (C=O) groups excluding carboxylic acids is 2. The van der Waals surface area contributed by atoms with Crippen LogP contribution in [-0.4, -0.2) is 34.8 Å². The van der Waals surface area contributed by atoms with E-state index in [2.05, 4.69) is 5.10 Å². The fourth-order valence-corrected chi connectivity index (χ4v) is 3.44. The summed E-state index contributed by atoms with van der Waals surface area (Å²) in [7, 11) is 0. The summed E-state index contributed by atoms with van der Waals surface area (Å²) in [5.41, 5.74) is 4.28. The summed E-state index contributed by atoms with van der Waals surface area (Å²) in [6, 6.07) is 13.0. The molecular formula is C23H20FN3O3. The van der Waals surface area contributed by atoms with Gasteiger partial charge in [0.15, 0.2) is 5.78 Å². The number of aryl methyl sites for hydroxylation is 1. The number of allylic oxidation sites excluding steroid dienone is 1. The van der Waals surface area contributed by atoms with Crippen LogP contribution in [-0.2, 0) is 4.74 Å². The largest absolute Gasteiger partial charge is 0.447 e. The van der Waals surface area contributed by atoms with Gasteiger partial charge in [0.1, 0.15) is 12.4 Å². The van der Waals surface area contributed by atoms with Crippen LogP contribution in [0.5, 0.6) is 0 Å². The first-order chi connectivity index (χ1) is 14.4. The molecule has 7 heteroatoms. The predicted molar refractivity (Wildman–Crippen MR) is 111 cm³/mol. The number of nitrogens with zero attached hydrogens (tertiary/aromatic N) is 3. The fraction of sp³-hybridized carbons (Fsp3) is 0.174. The quantitative estimate of drug-likeness (QED) is 0.464. The van der Waals surface area contributed by atoms with Crippen molar-refractivity contribution >= 4 is 23.6 Å².